The molecule has 18 heavy (non-hydrogen) atoms. The van der Waals surface area contributed by atoms with Gasteiger partial charge < -0.3 is 5.32 Å². The summed E-state index contributed by atoms with van der Waals surface area (Å²) in [6.45, 7) is 4.10. The Morgan fingerprint density at radius 3 is 2.83 bits per heavy atom. The first-order valence-corrected chi connectivity index (χ1v) is 6.56. The maximum atomic E-state index is 11.7. The van der Waals surface area contributed by atoms with E-state index in [9.17, 15) is 4.79 Å². The number of amides is 1. The molecule has 4 heteroatoms. The summed E-state index contributed by atoms with van der Waals surface area (Å²) in [6, 6.07) is 7.81. The summed E-state index contributed by atoms with van der Waals surface area (Å²) in [4.78, 5) is 11.7. The molecule has 1 amide bonds. The van der Waals surface area contributed by atoms with Crippen LogP contribution in [-0.2, 0) is 4.79 Å². The van der Waals surface area contributed by atoms with Crippen molar-refractivity contribution in [2.24, 2.45) is 0 Å². The molecular formula is C14H17BrN2O. The molecule has 0 aliphatic rings. The second-order valence-corrected chi connectivity index (χ2v) is 5.00. The molecule has 2 atom stereocenters. The molecule has 0 heterocycles. The third-order valence-corrected chi connectivity index (χ3v) is 3.10. The predicted molar refractivity (Wildman–Crippen MR) is 77.0 cm³/mol. The zero-order chi connectivity index (χ0) is 13.5. The van der Waals surface area contributed by atoms with E-state index in [2.05, 4.69) is 32.5 Å². The molecule has 0 radical (unpaired) electrons. The molecule has 1 rings (SSSR count). The Kier molecular flexibility index (Phi) is 5.90. The highest BCUT2D eigenvalue weighted by molar-refractivity contribution is 9.10. The van der Waals surface area contributed by atoms with Crippen molar-refractivity contribution in [1.82, 2.24) is 10.6 Å². The molecule has 1 unspecified atom stereocenters. The SMILES string of the molecule is C#CCNC(=O)C(C)N[C@H](C)c1cccc(Br)c1. The Hall–Kier alpha value is -1.31. The number of terminal acetylenes is 1. The van der Waals surface area contributed by atoms with E-state index in [1.807, 2.05) is 38.1 Å². The maximum Gasteiger partial charge on any atom is 0.237 e. The normalized spacial score (nSPS) is 13.4. The van der Waals surface area contributed by atoms with Gasteiger partial charge in [0.15, 0.2) is 0 Å². The number of hydrogen-bond acceptors (Lipinski definition) is 2. The standard InChI is InChI=1S/C14H17BrN2O/c1-4-8-16-14(18)11(3)17-10(2)12-6-5-7-13(15)9-12/h1,5-7,9-11,17H,8H2,2-3H3,(H,16,18)/t10-,11?/m1/s1. The van der Waals surface area contributed by atoms with Crippen molar-refractivity contribution in [1.29, 1.82) is 0 Å². The van der Waals surface area contributed by atoms with E-state index in [1.165, 1.54) is 0 Å². The smallest absolute Gasteiger partial charge is 0.237 e. The summed E-state index contributed by atoms with van der Waals surface area (Å²) in [5.41, 5.74) is 1.13. The minimum absolute atomic E-state index is 0.0882. The van der Waals surface area contributed by atoms with Gasteiger partial charge in [0.25, 0.3) is 0 Å². The molecule has 96 valence electrons. The van der Waals surface area contributed by atoms with Crippen LogP contribution in [0, 0.1) is 12.3 Å². The molecule has 0 bridgehead atoms. The van der Waals surface area contributed by atoms with Gasteiger partial charge in [0, 0.05) is 10.5 Å². The molecule has 0 fully saturated rings. The number of halogens is 1. The topological polar surface area (TPSA) is 41.1 Å². The fourth-order valence-electron chi connectivity index (χ4n) is 1.61. The van der Waals surface area contributed by atoms with Gasteiger partial charge in [-0.2, -0.15) is 0 Å². The van der Waals surface area contributed by atoms with E-state index >= 15 is 0 Å². The molecule has 0 saturated heterocycles. The quantitative estimate of drug-likeness (QED) is 0.819. The van der Waals surface area contributed by atoms with Gasteiger partial charge in [-0.05, 0) is 31.5 Å². The van der Waals surface area contributed by atoms with Gasteiger partial charge in [-0.15, -0.1) is 6.42 Å². The summed E-state index contributed by atoms with van der Waals surface area (Å²) < 4.78 is 1.03. The number of benzene rings is 1. The lowest BCUT2D eigenvalue weighted by atomic mass is 10.1. The van der Waals surface area contributed by atoms with Gasteiger partial charge in [-0.3, -0.25) is 10.1 Å². The van der Waals surface area contributed by atoms with Crippen LogP contribution in [0.2, 0.25) is 0 Å². The van der Waals surface area contributed by atoms with E-state index in [0.717, 1.165) is 10.0 Å². The van der Waals surface area contributed by atoms with Gasteiger partial charge >= 0.3 is 0 Å². The van der Waals surface area contributed by atoms with E-state index in [0.29, 0.717) is 0 Å². The lowest BCUT2D eigenvalue weighted by Crippen LogP contribution is -2.43. The highest BCUT2D eigenvalue weighted by atomic mass is 79.9. The van der Waals surface area contributed by atoms with Gasteiger partial charge in [-0.1, -0.05) is 34.0 Å². The molecule has 1 aromatic carbocycles. The first-order valence-electron chi connectivity index (χ1n) is 5.77. The van der Waals surface area contributed by atoms with Gasteiger partial charge in [-0.25, -0.2) is 0 Å². The van der Waals surface area contributed by atoms with Crippen LogP contribution < -0.4 is 10.6 Å². The lowest BCUT2D eigenvalue weighted by molar-refractivity contribution is -0.122. The average molecular weight is 309 g/mol. The molecule has 1 aromatic rings. The molecule has 0 spiro atoms. The van der Waals surface area contributed by atoms with Crippen LogP contribution in [0.1, 0.15) is 25.5 Å². The Labute approximate surface area is 116 Å². The van der Waals surface area contributed by atoms with E-state index in [-0.39, 0.29) is 24.5 Å². The van der Waals surface area contributed by atoms with Crippen LogP contribution in [0.15, 0.2) is 28.7 Å². The number of carbonyl (C=O) groups is 1. The summed E-state index contributed by atoms with van der Waals surface area (Å²) in [5, 5.41) is 5.88. The molecule has 0 aliphatic heterocycles. The molecular weight excluding hydrogens is 292 g/mol. The fraction of sp³-hybridized carbons (Fsp3) is 0.357. The second kappa shape index (κ2) is 7.20. The van der Waals surface area contributed by atoms with Crippen LogP contribution in [0.5, 0.6) is 0 Å². The van der Waals surface area contributed by atoms with Crippen LogP contribution in [-0.4, -0.2) is 18.5 Å². The Morgan fingerprint density at radius 2 is 2.22 bits per heavy atom. The van der Waals surface area contributed by atoms with Gasteiger partial charge in [0.2, 0.25) is 5.91 Å². The largest absolute Gasteiger partial charge is 0.344 e. The fourth-order valence-corrected chi connectivity index (χ4v) is 2.03. The van der Waals surface area contributed by atoms with Gasteiger partial charge in [0.05, 0.1) is 12.6 Å². The Balaban J connectivity index is 2.57. The third-order valence-electron chi connectivity index (χ3n) is 2.61. The van der Waals surface area contributed by atoms with Crippen LogP contribution in [0.3, 0.4) is 0 Å². The second-order valence-electron chi connectivity index (χ2n) is 4.09. The lowest BCUT2D eigenvalue weighted by Gasteiger charge is -2.19. The van der Waals surface area contributed by atoms with Crippen molar-refractivity contribution in [2.45, 2.75) is 25.9 Å². The molecule has 0 saturated carbocycles. The number of carbonyl (C=O) groups excluding carboxylic acids is 1. The van der Waals surface area contributed by atoms with Crippen LogP contribution in [0.4, 0.5) is 0 Å². The highest BCUT2D eigenvalue weighted by Gasteiger charge is 2.15. The highest BCUT2D eigenvalue weighted by Crippen LogP contribution is 2.18. The molecule has 3 nitrogen and oxygen atoms in total. The number of rotatable bonds is 5. The summed E-state index contributed by atoms with van der Waals surface area (Å²) in [7, 11) is 0. The van der Waals surface area contributed by atoms with Crippen LogP contribution in [0.25, 0.3) is 0 Å². The summed E-state index contributed by atoms with van der Waals surface area (Å²) >= 11 is 3.43. The first-order chi connectivity index (χ1) is 8.54. The van der Waals surface area contributed by atoms with E-state index in [4.69, 9.17) is 6.42 Å². The van der Waals surface area contributed by atoms with Crippen molar-refractivity contribution in [3.63, 3.8) is 0 Å². The Bertz CT molecular complexity index is 453. The third kappa shape index (κ3) is 4.52. The maximum absolute atomic E-state index is 11.7. The molecule has 0 aromatic heterocycles. The van der Waals surface area contributed by atoms with Crippen molar-refractivity contribution >= 4 is 21.8 Å². The van der Waals surface area contributed by atoms with Crippen molar-refractivity contribution in [2.75, 3.05) is 6.54 Å². The first kappa shape index (κ1) is 14.7. The minimum atomic E-state index is -0.285. The number of hydrogen-bond donors (Lipinski definition) is 2. The molecule has 0 aliphatic carbocycles. The van der Waals surface area contributed by atoms with E-state index in [1.54, 1.807) is 0 Å². The minimum Gasteiger partial charge on any atom is -0.344 e. The van der Waals surface area contributed by atoms with Crippen LogP contribution >= 0.6 is 15.9 Å². The summed E-state index contributed by atoms with van der Waals surface area (Å²) in [6.07, 6.45) is 5.10. The van der Waals surface area contributed by atoms with Crippen molar-refractivity contribution in [3.05, 3.63) is 34.3 Å². The molecule has 2 N–H and O–H groups in total. The predicted octanol–water partition coefficient (Wildman–Crippen LogP) is 2.24. The van der Waals surface area contributed by atoms with E-state index < -0.39 is 0 Å². The summed E-state index contributed by atoms with van der Waals surface area (Å²) in [5.74, 6) is 2.29. The zero-order valence-electron chi connectivity index (χ0n) is 10.5. The van der Waals surface area contributed by atoms with Crippen molar-refractivity contribution < 1.29 is 4.79 Å². The van der Waals surface area contributed by atoms with Crippen molar-refractivity contribution in [3.8, 4) is 12.3 Å². The van der Waals surface area contributed by atoms with Gasteiger partial charge in [0.1, 0.15) is 0 Å². The average Bonchev–Trinajstić information content (AvgIpc) is 2.35. The number of nitrogens with one attached hydrogen (secondary N) is 2. The monoisotopic (exact) mass is 308 g/mol. The Morgan fingerprint density at radius 1 is 1.50 bits per heavy atom. The zero-order valence-corrected chi connectivity index (χ0v) is 12.1.